The quantitative estimate of drug-likeness (QED) is 0.530. The summed E-state index contributed by atoms with van der Waals surface area (Å²) in [5, 5.41) is 13.3. The van der Waals surface area contributed by atoms with Crippen molar-refractivity contribution < 1.29 is 5.11 Å². The average Bonchev–Trinajstić information content (AvgIpc) is 2.77. The van der Waals surface area contributed by atoms with Gasteiger partial charge in [0.1, 0.15) is 0 Å². The molecule has 0 unspecified atom stereocenters. The van der Waals surface area contributed by atoms with Crippen molar-refractivity contribution in [1.29, 1.82) is 0 Å². The van der Waals surface area contributed by atoms with E-state index in [0.717, 1.165) is 28.6 Å². The van der Waals surface area contributed by atoms with E-state index in [4.69, 9.17) is 0 Å². The number of aliphatic hydroxyl groups is 1. The summed E-state index contributed by atoms with van der Waals surface area (Å²) in [6.45, 7) is 3.61. The molecule has 0 bridgehead atoms. The van der Waals surface area contributed by atoms with Crippen molar-refractivity contribution in [2.45, 2.75) is 38.3 Å². The molecule has 138 valence electrons. The highest BCUT2D eigenvalue weighted by molar-refractivity contribution is 9.10. The van der Waals surface area contributed by atoms with E-state index in [0.29, 0.717) is 6.54 Å². The van der Waals surface area contributed by atoms with Crippen molar-refractivity contribution in [3.63, 3.8) is 0 Å². The first-order valence-corrected chi connectivity index (χ1v) is 11.0. The molecule has 3 nitrogen and oxygen atoms in total. The van der Waals surface area contributed by atoms with Crippen LogP contribution in [0.4, 0.5) is 0 Å². The molecule has 0 saturated carbocycles. The Hall–Kier alpha value is -0.880. The molecule has 5 heteroatoms. The van der Waals surface area contributed by atoms with Gasteiger partial charge >= 0.3 is 0 Å². The zero-order valence-corrected chi connectivity index (χ0v) is 18.0. The number of aliphatic hydroxyl groups excluding tert-OH is 1. The van der Waals surface area contributed by atoms with Crippen molar-refractivity contribution in [3.05, 3.63) is 45.3 Å². The first-order chi connectivity index (χ1) is 12.6. The minimum Gasteiger partial charge on any atom is -0.390 e. The van der Waals surface area contributed by atoms with Gasteiger partial charge in [-0.05, 0) is 62.3 Å². The fourth-order valence-electron chi connectivity index (χ4n) is 4.13. The van der Waals surface area contributed by atoms with E-state index in [9.17, 15) is 5.11 Å². The molecule has 0 radical (unpaired) electrons. The third-order valence-corrected chi connectivity index (χ3v) is 6.34. The minimum absolute atomic E-state index is 0.362. The molecule has 2 heterocycles. The number of β-amino-alcohol motifs (C(OH)–C–C–N with tert-alkyl or cyclic N) is 1. The average molecular weight is 480 g/mol. The predicted molar refractivity (Wildman–Crippen MR) is 116 cm³/mol. The van der Waals surface area contributed by atoms with Crippen molar-refractivity contribution >= 4 is 53.7 Å². The number of fused-ring (bicyclic) bond motifs is 3. The van der Waals surface area contributed by atoms with Crippen molar-refractivity contribution in [1.82, 2.24) is 9.47 Å². The summed E-state index contributed by atoms with van der Waals surface area (Å²) in [6.07, 6.45) is 4.79. The van der Waals surface area contributed by atoms with Crippen LogP contribution in [0.3, 0.4) is 0 Å². The highest BCUT2D eigenvalue weighted by Crippen LogP contribution is 2.33. The molecule has 1 N–H and O–H groups in total. The highest BCUT2D eigenvalue weighted by Gasteiger charge is 2.17. The Morgan fingerprint density at radius 1 is 0.808 bits per heavy atom. The van der Waals surface area contributed by atoms with Gasteiger partial charge in [0.15, 0.2) is 0 Å². The SMILES string of the molecule is O[C@H](CN1CCCCCC1)Cn1c2ccc(Br)cc2c2cc(Br)ccc21. The molecule has 26 heavy (non-hydrogen) atoms. The van der Waals surface area contributed by atoms with E-state index in [1.165, 1.54) is 47.5 Å². The Bertz CT molecular complexity index is 854. The van der Waals surface area contributed by atoms with E-state index in [1.54, 1.807) is 0 Å². The van der Waals surface area contributed by atoms with Crippen LogP contribution in [0.15, 0.2) is 45.3 Å². The van der Waals surface area contributed by atoms with Gasteiger partial charge in [-0.3, -0.25) is 0 Å². The molecule has 1 aromatic heterocycles. The van der Waals surface area contributed by atoms with Gasteiger partial charge in [0, 0.05) is 37.3 Å². The fourth-order valence-corrected chi connectivity index (χ4v) is 4.85. The number of likely N-dealkylation sites (tertiary alicyclic amines) is 1. The second-order valence-electron chi connectivity index (χ2n) is 7.30. The molecule has 0 aliphatic carbocycles. The third-order valence-electron chi connectivity index (χ3n) is 5.35. The highest BCUT2D eigenvalue weighted by atomic mass is 79.9. The first kappa shape index (κ1) is 18.5. The predicted octanol–water partition coefficient (Wildman–Crippen LogP) is 5.56. The Kier molecular flexibility index (Phi) is 5.69. The molecule has 2 aromatic carbocycles. The normalized spacial score (nSPS) is 17.7. The molecular formula is C21H24Br2N2O. The molecule has 0 amide bonds. The van der Waals surface area contributed by atoms with Gasteiger partial charge in [0.05, 0.1) is 12.6 Å². The monoisotopic (exact) mass is 478 g/mol. The molecule has 1 saturated heterocycles. The van der Waals surface area contributed by atoms with E-state index >= 15 is 0 Å². The molecular weight excluding hydrogens is 456 g/mol. The number of hydrogen-bond donors (Lipinski definition) is 1. The summed E-state index contributed by atoms with van der Waals surface area (Å²) in [7, 11) is 0. The van der Waals surface area contributed by atoms with Gasteiger partial charge in [-0.1, -0.05) is 44.7 Å². The Morgan fingerprint density at radius 3 is 1.88 bits per heavy atom. The second-order valence-corrected chi connectivity index (χ2v) is 9.13. The number of halogens is 2. The lowest BCUT2D eigenvalue weighted by Crippen LogP contribution is -2.35. The van der Waals surface area contributed by atoms with E-state index in [2.05, 4.69) is 77.7 Å². The van der Waals surface area contributed by atoms with Gasteiger partial charge < -0.3 is 14.6 Å². The number of hydrogen-bond acceptors (Lipinski definition) is 2. The van der Waals surface area contributed by atoms with Crippen LogP contribution in [-0.2, 0) is 6.54 Å². The molecule has 0 spiro atoms. The Balaban J connectivity index is 1.66. The summed E-state index contributed by atoms with van der Waals surface area (Å²) >= 11 is 7.19. The van der Waals surface area contributed by atoms with E-state index < -0.39 is 0 Å². The molecule has 1 aliphatic heterocycles. The first-order valence-electron chi connectivity index (χ1n) is 9.39. The van der Waals surface area contributed by atoms with Crippen LogP contribution in [0.2, 0.25) is 0 Å². The Morgan fingerprint density at radius 2 is 1.35 bits per heavy atom. The second kappa shape index (κ2) is 8.01. The fraction of sp³-hybridized carbons (Fsp3) is 0.429. The molecule has 1 aliphatic rings. The van der Waals surface area contributed by atoms with Gasteiger partial charge in [-0.25, -0.2) is 0 Å². The van der Waals surface area contributed by atoms with Crippen molar-refractivity contribution in [3.8, 4) is 0 Å². The van der Waals surface area contributed by atoms with Gasteiger partial charge in [0.2, 0.25) is 0 Å². The summed E-state index contributed by atoms with van der Waals surface area (Å²) in [4.78, 5) is 2.43. The summed E-state index contributed by atoms with van der Waals surface area (Å²) < 4.78 is 4.43. The number of rotatable bonds is 4. The lowest BCUT2D eigenvalue weighted by molar-refractivity contribution is 0.102. The third kappa shape index (κ3) is 3.86. The van der Waals surface area contributed by atoms with Crippen LogP contribution >= 0.6 is 31.9 Å². The van der Waals surface area contributed by atoms with E-state index in [-0.39, 0.29) is 6.10 Å². The van der Waals surface area contributed by atoms with Crippen LogP contribution in [0, 0.1) is 0 Å². The topological polar surface area (TPSA) is 28.4 Å². The number of benzene rings is 2. The number of aromatic nitrogens is 1. The van der Waals surface area contributed by atoms with Gasteiger partial charge in [0.25, 0.3) is 0 Å². The molecule has 4 rings (SSSR count). The van der Waals surface area contributed by atoms with Gasteiger partial charge in [-0.15, -0.1) is 0 Å². The van der Waals surface area contributed by atoms with Crippen molar-refractivity contribution in [2.75, 3.05) is 19.6 Å². The molecule has 3 aromatic rings. The zero-order valence-electron chi connectivity index (χ0n) is 14.8. The number of nitrogens with zero attached hydrogens (tertiary/aromatic N) is 2. The molecule has 1 atom stereocenters. The van der Waals surface area contributed by atoms with E-state index in [1.807, 2.05) is 0 Å². The van der Waals surface area contributed by atoms with Crippen LogP contribution in [0.1, 0.15) is 25.7 Å². The molecule has 1 fully saturated rings. The maximum absolute atomic E-state index is 10.8. The summed E-state index contributed by atoms with van der Waals surface area (Å²) in [5.41, 5.74) is 2.35. The van der Waals surface area contributed by atoms with Crippen LogP contribution in [-0.4, -0.2) is 40.3 Å². The maximum atomic E-state index is 10.8. The lowest BCUT2D eigenvalue weighted by atomic mass is 10.2. The van der Waals surface area contributed by atoms with Gasteiger partial charge in [-0.2, -0.15) is 0 Å². The Labute approximate surface area is 171 Å². The summed E-state index contributed by atoms with van der Waals surface area (Å²) in [6, 6.07) is 12.8. The smallest absolute Gasteiger partial charge is 0.0845 e. The van der Waals surface area contributed by atoms with Crippen LogP contribution < -0.4 is 0 Å². The van der Waals surface area contributed by atoms with Crippen molar-refractivity contribution in [2.24, 2.45) is 0 Å². The standard InChI is InChI=1S/C21H24Br2N2O/c22-15-5-7-20-18(11-15)19-12-16(23)6-8-21(19)25(20)14-17(26)13-24-9-3-1-2-4-10-24/h5-8,11-12,17,26H,1-4,9-10,13-14H2/t17-/m1/s1. The largest absolute Gasteiger partial charge is 0.390 e. The zero-order chi connectivity index (χ0) is 18.1. The lowest BCUT2D eigenvalue weighted by Gasteiger charge is -2.24. The maximum Gasteiger partial charge on any atom is 0.0845 e. The summed E-state index contributed by atoms with van der Waals surface area (Å²) in [5.74, 6) is 0. The van der Waals surface area contributed by atoms with Crippen LogP contribution in [0.5, 0.6) is 0 Å². The van der Waals surface area contributed by atoms with Crippen LogP contribution in [0.25, 0.3) is 21.8 Å². The minimum atomic E-state index is -0.362.